The highest BCUT2D eigenvalue weighted by Crippen LogP contribution is 2.36. The zero-order chi connectivity index (χ0) is 22.7. The molecule has 1 aromatic carbocycles. The minimum Gasteiger partial charge on any atom is -0.439 e. The number of alkyl halides is 1. The van der Waals surface area contributed by atoms with Gasteiger partial charge in [-0.15, -0.1) is 11.6 Å². The predicted molar refractivity (Wildman–Crippen MR) is 132 cm³/mol. The molecule has 0 saturated carbocycles. The molecule has 4 atom stereocenters. The second-order valence-electron chi connectivity index (χ2n) is 8.73. The standard InChI is InChI=1S/C27H31ClN2O2/c1-4-30-15-13-21-16-20(9-11-26(21)30)23-6-5-7-27(29-14-12-25(23)28)32-22-10-8-18(2)24(17-22)19(3)31/h5,7-12,14,16-17,21,23,25-26H,4,6,13,15H2,1-3H3/b7-5+,14-12?,29-27?. The van der Waals surface area contributed by atoms with E-state index in [1.54, 1.807) is 19.2 Å². The van der Waals surface area contributed by atoms with Crippen LogP contribution in [0.15, 0.2) is 71.4 Å². The second kappa shape index (κ2) is 10.0. The SMILES string of the molecule is CCN1CCC2C=C(C3C/C=C/C(Oc4ccc(C)c(C(C)=O)c4)=NC=CC3Cl)C=CC21. The van der Waals surface area contributed by atoms with Gasteiger partial charge in [-0.25, -0.2) is 4.99 Å². The maximum Gasteiger partial charge on any atom is 0.218 e. The maximum atomic E-state index is 11.8. The number of carbonyl (C=O) groups excluding carboxylic acids is 1. The van der Waals surface area contributed by atoms with E-state index in [9.17, 15) is 4.79 Å². The molecule has 0 N–H and O–H groups in total. The molecule has 4 nitrogen and oxygen atoms in total. The van der Waals surface area contributed by atoms with Crippen LogP contribution >= 0.6 is 11.6 Å². The summed E-state index contributed by atoms with van der Waals surface area (Å²) >= 11 is 6.79. The molecule has 1 aliphatic carbocycles. The number of benzene rings is 1. The Morgan fingerprint density at radius 2 is 2.12 bits per heavy atom. The Labute approximate surface area is 196 Å². The number of hydrogen-bond donors (Lipinski definition) is 0. The second-order valence-corrected chi connectivity index (χ2v) is 9.23. The summed E-state index contributed by atoms with van der Waals surface area (Å²) in [6.07, 6.45) is 16.7. The zero-order valence-electron chi connectivity index (χ0n) is 19.0. The van der Waals surface area contributed by atoms with Gasteiger partial charge in [0.1, 0.15) is 5.75 Å². The number of likely N-dealkylation sites (N-methyl/N-ethyl adjacent to an activating group) is 1. The number of ketones is 1. The lowest BCUT2D eigenvalue weighted by Crippen LogP contribution is -2.32. The van der Waals surface area contributed by atoms with Crippen LogP contribution in [0, 0.1) is 18.8 Å². The summed E-state index contributed by atoms with van der Waals surface area (Å²) in [4.78, 5) is 18.8. The highest BCUT2D eigenvalue weighted by Gasteiger charge is 2.33. The van der Waals surface area contributed by atoms with E-state index in [0.29, 0.717) is 29.2 Å². The molecule has 32 heavy (non-hydrogen) atoms. The van der Waals surface area contributed by atoms with E-state index in [1.807, 2.05) is 31.2 Å². The molecule has 1 aromatic rings. The molecule has 0 amide bonds. The van der Waals surface area contributed by atoms with Crippen LogP contribution < -0.4 is 4.74 Å². The van der Waals surface area contributed by atoms with Crippen LogP contribution in [-0.4, -0.2) is 41.1 Å². The number of hydrogen-bond acceptors (Lipinski definition) is 4. The van der Waals surface area contributed by atoms with Crippen LogP contribution in [0.1, 0.15) is 42.6 Å². The zero-order valence-corrected chi connectivity index (χ0v) is 19.8. The highest BCUT2D eigenvalue weighted by atomic mass is 35.5. The first-order valence-electron chi connectivity index (χ1n) is 11.4. The third kappa shape index (κ3) is 4.97. The number of allylic oxidation sites excluding steroid dienone is 4. The smallest absolute Gasteiger partial charge is 0.218 e. The van der Waals surface area contributed by atoms with Crippen molar-refractivity contribution in [3.63, 3.8) is 0 Å². The first kappa shape index (κ1) is 22.8. The Kier molecular flexibility index (Phi) is 7.12. The first-order chi connectivity index (χ1) is 15.5. The molecule has 2 aliphatic heterocycles. The predicted octanol–water partition coefficient (Wildman–Crippen LogP) is 5.88. The summed E-state index contributed by atoms with van der Waals surface area (Å²) in [5, 5.41) is -0.150. The van der Waals surface area contributed by atoms with E-state index in [-0.39, 0.29) is 17.1 Å². The van der Waals surface area contributed by atoms with Gasteiger partial charge >= 0.3 is 0 Å². The van der Waals surface area contributed by atoms with Crippen molar-refractivity contribution in [2.45, 2.75) is 45.0 Å². The number of likely N-dealkylation sites (tertiary alicyclic amines) is 1. The fraction of sp³-hybridized carbons (Fsp3) is 0.407. The number of carbonyl (C=O) groups is 1. The fourth-order valence-corrected chi connectivity index (χ4v) is 5.16. The van der Waals surface area contributed by atoms with Gasteiger partial charge in [-0.2, -0.15) is 0 Å². The number of ether oxygens (including phenoxy) is 1. The van der Waals surface area contributed by atoms with E-state index in [1.165, 1.54) is 12.0 Å². The average molecular weight is 451 g/mol. The van der Waals surface area contributed by atoms with Gasteiger partial charge in [-0.05, 0) is 81.1 Å². The minimum atomic E-state index is -0.150. The largest absolute Gasteiger partial charge is 0.439 e. The molecule has 1 fully saturated rings. The fourth-order valence-electron chi connectivity index (χ4n) is 4.85. The Bertz CT molecular complexity index is 1020. The molecule has 0 spiro atoms. The topological polar surface area (TPSA) is 41.9 Å². The van der Waals surface area contributed by atoms with Gasteiger partial charge in [-0.3, -0.25) is 9.69 Å². The quantitative estimate of drug-likeness (QED) is 0.425. The molecular formula is C27H31ClN2O2. The molecule has 3 aliphatic rings. The van der Waals surface area contributed by atoms with Crippen LogP contribution in [-0.2, 0) is 0 Å². The van der Waals surface area contributed by atoms with E-state index >= 15 is 0 Å². The van der Waals surface area contributed by atoms with Crippen LogP contribution in [0.4, 0.5) is 0 Å². The van der Waals surface area contributed by atoms with Crippen LogP contribution in [0.3, 0.4) is 0 Å². The van der Waals surface area contributed by atoms with Crippen molar-refractivity contribution in [1.29, 1.82) is 0 Å². The molecule has 4 unspecified atom stereocenters. The number of aryl methyl sites for hydroxylation is 1. The number of rotatable bonds is 4. The van der Waals surface area contributed by atoms with Crippen molar-refractivity contribution in [1.82, 2.24) is 4.90 Å². The average Bonchev–Trinajstić information content (AvgIpc) is 3.22. The molecule has 4 rings (SSSR count). The molecular weight excluding hydrogens is 420 g/mol. The number of aliphatic imine (C=N–C) groups is 1. The van der Waals surface area contributed by atoms with Gasteiger partial charge in [0.25, 0.3) is 0 Å². The van der Waals surface area contributed by atoms with Gasteiger partial charge in [0.15, 0.2) is 5.78 Å². The van der Waals surface area contributed by atoms with Crippen LogP contribution in [0.2, 0.25) is 0 Å². The molecule has 5 heteroatoms. The van der Waals surface area contributed by atoms with E-state index in [0.717, 1.165) is 25.1 Å². The number of fused-ring (bicyclic) bond motifs is 1. The molecule has 1 saturated heterocycles. The van der Waals surface area contributed by atoms with Gasteiger partial charge < -0.3 is 4.74 Å². The molecule has 2 heterocycles. The Balaban J connectivity index is 1.48. The van der Waals surface area contributed by atoms with Gasteiger partial charge in [0, 0.05) is 23.7 Å². The lowest BCUT2D eigenvalue weighted by Gasteiger charge is -2.29. The summed E-state index contributed by atoms with van der Waals surface area (Å²) in [7, 11) is 0. The van der Waals surface area contributed by atoms with Crippen molar-refractivity contribution < 1.29 is 9.53 Å². The molecule has 0 radical (unpaired) electrons. The lowest BCUT2D eigenvalue weighted by molar-refractivity contribution is 0.101. The number of nitrogens with zero attached hydrogens (tertiary/aromatic N) is 2. The van der Waals surface area contributed by atoms with Crippen LogP contribution in [0.5, 0.6) is 5.75 Å². The Morgan fingerprint density at radius 3 is 2.91 bits per heavy atom. The summed E-state index contributed by atoms with van der Waals surface area (Å²) < 4.78 is 5.97. The summed E-state index contributed by atoms with van der Waals surface area (Å²) in [5.41, 5.74) is 2.91. The lowest BCUT2D eigenvalue weighted by atomic mass is 9.83. The third-order valence-electron chi connectivity index (χ3n) is 6.65. The van der Waals surface area contributed by atoms with Crippen molar-refractivity contribution in [3.05, 3.63) is 77.6 Å². The maximum absolute atomic E-state index is 11.8. The van der Waals surface area contributed by atoms with Gasteiger partial charge in [0.05, 0.1) is 5.38 Å². The highest BCUT2D eigenvalue weighted by molar-refractivity contribution is 6.22. The van der Waals surface area contributed by atoms with Gasteiger partial charge in [0.2, 0.25) is 5.90 Å². The van der Waals surface area contributed by atoms with E-state index in [4.69, 9.17) is 16.3 Å². The summed E-state index contributed by atoms with van der Waals surface area (Å²) in [6, 6.07) is 6.05. The third-order valence-corrected chi connectivity index (χ3v) is 7.10. The molecule has 168 valence electrons. The van der Waals surface area contributed by atoms with Crippen molar-refractivity contribution in [2.24, 2.45) is 16.8 Å². The van der Waals surface area contributed by atoms with Crippen molar-refractivity contribution in [2.75, 3.05) is 13.1 Å². The summed E-state index contributed by atoms with van der Waals surface area (Å²) in [5.74, 6) is 1.86. The molecule has 0 aromatic heterocycles. The Hall–Kier alpha value is -2.43. The van der Waals surface area contributed by atoms with Crippen molar-refractivity contribution >= 4 is 23.3 Å². The van der Waals surface area contributed by atoms with Crippen LogP contribution in [0.25, 0.3) is 0 Å². The summed E-state index contributed by atoms with van der Waals surface area (Å²) in [6.45, 7) is 7.97. The van der Waals surface area contributed by atoms with Crippen molar-refractivity contribution in [3.8, 4) is 5.75 Å². The minimum absolute atomic E-state index is 0.0213. The number of Topliss-reactive ketones (excluding diaryl/α,β-unsaturated/α-hetero) is 1. The van der Waals surface area contributed by atoms with E-state index < -0.39 is 0 Å². The molecule has 0 bridgehead atoms. The monoisotopic (exact) mass is 450 g/mol. The first-order valence-corrected chi connectivity index (χ1v) is 11.9. The Morgan fingerprint density at radius 1 is 1.28 bits per heavy atom. The normalized spacial score (nSPS) is 28.8. The van der Waals surface area contributed by atoms with E-state index in [2.05, 4.69) is 41.1 Å². The number of halogens is 1. The van der Waals surface area contributed by atoms with Gasteiger partial charge in [-0.1, -0.05) is 37.3 Å².